The molecule has 1 amide bonds. The number of carbonyl (C=O) groups is 1. The normalized spacial score (nSPS) is 11.7. The Morgan fingerprint density at radius 3 is 2.36 bits per heavy atom. The van der Waals surface area contributed by atoms with Gasteiger partial charge in [0.15, 0.2) is 0 Å². The molecule has 0 aliphatic heterocycles. The van der Waals surface area contributed by atoms with Gasteiger partial charge in [-0.1, -0.05) is 36.4 Å². The molecule has 3 rings (SSSR count). The molecule has 0 spiro atoms. The summed E-state index contributed by atoms with van der Waals surface area (Å²) in [5.41, 5.74) is 7.93. The molecule has 0 heterocycles. The molecule has 3 N–H and O–H groups in total. The van der Waals surface area contributed by atoms with Crippen LogP contribution in [0, 0.1) is 5.82 Å². The molecular weight excluding hydrogens is 335 g/mol. The molecule has 0 saturated heterocycles. The Balaban J connectivity index is 1.85. The number of anilines is 2. The predicted octanol–water partition coefficient (Wildman–Crippen LogP) is 4.88. The summed E-state index contributed by atoms with van der Waals surface area (Å²) in [5, 5.41) is 2.39. The lowest BCUT2D eigenvalue weighted by atomic mass is 10.1. The summed E-state index contributed by atoms with van der Waals surface area (Å²) in [6.07, 6.45) is 0. The Bertz CT molecular complexity index is 853. The van der Waals surface area contributed by atoms with E-state index in [-0.39, 0.29) is 11.7 Å². The van der Waals surface area contributed by atoms with Crippen LogP contribution >= 0.6 is 11.8 Å². The fraction of sp³-hybridized carbons (Fsp3) is 0.0500. The van der Waals surface area contributed by atoms with Gasteiger partial charge in [0, 0.05) is 16.3 Å². The molecule has 126 valence electrons. The highest BCUT2D eigenvalue weighted by Gasteiger charge is 2.22. The molecule has 3 nitrogen and oxygen atoms in total. The van der Waals surface area contributed by atoms with Crippen LogP contribution in [0.25, 0.3) is 0 Å². The fourth-order valence-electron chi connectivity index (χ4n) is 2.37. The molecule has 0 fully saturated rings. The second kappa shape index (κ2) is 7.85. The molecule has 3 aromatic carbocycles. The average Bonchev–Trinajstić information content (AvgIpc) is 2.62. The second-order valence-electron chi connectivity index (χ2n) is 5.48. The van der Waals surface area contributed by atoms with Crippen molar-refractivity contribution in [2.24, 2.45) is 0 Å². The summed E-state index contributed by atoms with van der Waals surface area (Å²) in [7, 11) is 0. The molecule has 0 bridgehead atoms. The summed E-state index contributed by atoms with van der Waals surface area (Å²) >= 11 is 1.42. The van der Waals surface area contributed by atoms with Gasteiger partial charge in [-0.2, -0.15) is 0 Å². The van der Waals surface area contributed by atoms with Gasteiger partial charge in [-0.3, -0.25) is 4.79 Å². The molecule has 0 aliphatic rings. The van der Waals surface area contributed by atoms with Gasteiger partial charge in [-0.15, -0.1) is 11.8 Å². The third kappa shape index (κ3) is 4.61. The number of nitrogens with one attached hydrogen (secondary N) is 1. The number of nitrogen functional groups attached to an aromatic ring is 1. The van der Waals surface area contributed by atoms with Crippen molar-refractivity contribution >= 4 is 29.0 Å². The van der Waals surface area contributed by atoms with E-state index in [1.54, 1.807) is 18.2 Å². The smallest absolute Gasteiger partial charge is 0.242 e. The van der Waals surface area contributed by atoms with Crippen LogP contribution in [0.3, 0.4) is 0 Å². The zero-order chi connectivity index (χ0) is 17.6. The summed E-state index contributed by atoms with van der Waals surface area (Å²) in [6.45, 7) is 0. The number of amides is 1. The van der Waals surface area contributed by atoms with E-state index in [0.29, 0.717) is 11.4 Å². The Hall–Kier alpha value is -2.79. The van der Waals surface area contributed by atoms with Crippen molar-refractivity contribution < 1.29 is 9.18 Å². The van der Waals surface area contributed by atoms with Gasteiger partial charge >= 0.3 is 0 Å². The highest BCUT2D eigenvalue weighted by atomic mass is 32.2. The quantitative estimate of drug-likeness (QED) is 0.508. The lowest BCUT2D eigenvalue weighted by molar-refractivity contribution is -0.115. The van der Waals surface area contributed by atoms with Crippen LogP contribution in [0.4, 0.5) is 15.8 Å². The average molecular weight is 352 g/mol. The SMILES string of the molecule is Nc1cccc(SC(C(=O)Nc2ccc(F)cc2)c2ccccc2)c1. The third-order valence-electron chi connectivity index (χ3n) is 3.56. The van der Waals surface area contributed by atoms with Gasteiger partial charge in [0.2, 0.25) is 5.91 Å². The molecule has 1 atom stereocenters. The summed E-state index contributed by atoms with van der Waals surface area (Å²) in [5.74, 6) is -0.517. The first kappa shape index (κ1) is 17.0. The molecular formula is C20H17FN2OS. The largest absolute Gasteiger partial charge is 0.399 e. The van der Waals surface area contributed by atoms with Crippen molar-refractivity contribution in [3.05, 3.63) is 90.2 Å². The van der Waals surface area contributed by atoms with Gasteiger partial charge in [0.25, 0.3) is 0 Å². The summed E-state index contributed by atoms with van der Waals surface area (Å²) < 4.78 is 13.0. The fourth-order valence-corrected chi connectivity index (χ4v) is 3.46. The number of thioether (sulfide) groups is 1. The second-order valence-corrected chi connectivity index (χ2v) is 6.66. The van der Waals surface area contributed by atoms with Crippen molar-refractivity contribution in [1.82, 2.24) is 0 Å². The van der Waals surface area contributed by atoms with Gasteiger partial charge < -0.3 is 11.1 Å². The van der Waals surface area contributed by atoms with E-state index in [4.69, 9.17) is 5.73 Å². The van der Waals surface area contributed by atoms with Gasteiger partial charge in [-0.05, 0) is 48.0 Å². The number of hydrogen-bond donors (Lipinski definition) is 2. The van der Waals surface area contributed by atoms with Crippen LogP contribution in [-0.2, 0) is 4.79 Å². The van der Waals surface area contributed by atoms with Crippen molar-refractivity contribution in [3.8, 4) is 0 Å². The van der Waals surface area contributed by atoms with E-state index in [2.05, 4.69) is 5.32 Å². The molecule has 3 aromatic rings. The number of nitrogens with two attached hydrogens (primary N) is 1. The van der Waals surface area contributed by atoms with E-state index < -0.39 is 5.25 Å². The van der Waals surface area contributed by atoms with Gasteiger partial charge in [-0.25, -0.2) is 4.39 Å². The van der Waals surface area contributed by atoms with Crippen molar-refractivity contribution in [3.63, 3.8) is 0 Å². The first-order valence-corrected chi connectivity index (χ1v) is 8.63. The van der Waals surface area contributed by atoms with Crippen LogP contribution in [0.15, 0.2) is 83.8 Å². The van der Waals surface area contributed by atoms with Crippen LogP contribution in [0.5, 0.6) is 0 Å². The van der Waals surface area contributed by atoms with E-state index in [1.165, 1.54) is 23.9 Å². The minimum atomic E-state index is -0.451. The lowest BCUT2D eigenvalue weighted by Gasteiger charge is -2.17. The number of hydrogen-bond acceptors (Lipinski definition) is 3. The minimum absolute atomic E-state index is 0.176. The summed E-state index contributed by atoms with van der Waals surface area (Å²) in [6, 6.07) is 22.7. The highest BCUT2D eigenvalue weighted by molar-refractivity contribution is 8.00. The molecule has 0 saturated carbocycles. The van der Waals surface area contributed by atoms with Crippen molar-refractivity contribution in [2.75, 3.05) is 11.1 Å². The van der Waals surface area contributed by atoms with Crippen molar-refractivity contribution in [2.45, 2.75) is 10.1 Å². The zero-order valence-electron chi connectivity index (χ0n) is 13.4. The Morgan fingerprint density at radius 2 is 1.68 bits per heavy atom. The first-order chi connectivity index (χ1) is 12.1. The molecule has 1 unspecified atom stereocenters. The Kier molecular flexibility index (Phi) is 5.36. The number of rotatable bonds is 5. The number of carbonyl (C=O) groups excluding carboxylic acids is 1. The molecule has 5 heteroatoms. The maximum Gasteiger partial charge on any atom is 0.242 e. The number of halogens is 1. The zero-order valence-corrected chi connectivity index (χ0v) is 14.2. The third-order valence-corrected chi connectivity index (χ3v) is 4.81. The Labute approximate surface area is 150 Å². The predicted molar refractivity (Wildman–Crippen MR) is 101 cm³/mol. The molecule has 25 heavy (non-hydrogen) atoms. The summed E-state index contributed by atoms with van der Waals surface area (Å²) in [4.78, 5) is 13.7. The van der Waals surface area contributed by atoms with Crippen LogP contribution in [0.2, 0.25) is 0 Å². The molecule has 0 aromatic heterocycles. The number of benzene rings is 3. The van der Waals surface area contributed by atoms with Crippen LogP contribution in [-0.4, -0.2) is 5.91 Å². The topological polar surface area (TPSA) is 55.1 Å². The van der Waals surface area contributed by atoms with Crippen LogP contribution < -0.4 is 11.1 Å². The lowest BCUT2D eigenvalue weighted by Crippen LogP contribution is -2.19. The Morgan fingerprint density at radius 1 is 0.960 bits per heavy atom. The van der Waals surface area contributed by atoms with Crippen molar-refractivity contribution in [1.29, 1.82) is 0 Å². The highest BCUT2D eigenvalue weighted by Crippen LogP contribution is 2.36. The first-order valence-electron chi connectivity index (χ1n) is 7.75. The van der Waals surface area contributed by atoms with Gasteiger partial charge in [0.1, 0.15) is 11.1 Å². The monoisotopic (exact) mass is 352 g/mol. The standard InChI is InChI=1S/C20H17FN2OS/c21-15-9-11-17(12-10-15)23-20(24)19(14-5-2-1-3-6-14)25-18-8-4-7-16(22)13-18/h1-13,19H,22H2,(H,23,24). The van der Waals surface area contributed by atoms with Gasteiger partial charge in [0.05, 0.1) is 0 Å². The minimum Gasteiger partial charge on any atom is -0.399 e. The molecule has 0 radical (unpaired) electrons. The maximum absolute atomic E-state index is 13.0. The van der Waals surface area contributed by atoms with Crippen LogP contribution in [0.1, 0.15) is 10.8 Å². The molecule has 0 aliphatic carbocycles. The van der Waals surface area contributed by atoms with E-state index in [9.17, 15) is 9.18 Å². The van der Waals surface area contributed by atoms with E-state index >= 15 is 0 Å². The van der Waals surface area contributed by atoms with E-state index in [1.807, 2.05) is 48.5 Å². The van der Waals surface area contributed by atoms with E-state index in [0.717, 1.165) is 10.5 Å². The maximum atomic E-state index is 13.0.